The first-order chi connectivity index (χ1) is 15.1. The number of nitrogen functional groups attached to an aromatic ring is 1. The minimum atomic E-state index is -0.211. The normalized spacial score (nSPS) is 14.9. The van der Waals surface area contributed by atoms with E-state index in [2.05, 4.69) is 10.2 Å². The molecule has 0 spiro atoms. The molecule has 0 aromatic heterocycles. The Morgan fingerprint density at radius 2 is 1.58 bits per heavy atom. The fourth-order valence-electron chi connectivity index (χ4n) is 4.48. The van der Waals surface area contributed by atoms with Crippen molar-refractivity contribution in [3.05, 3.63) is 76.9 Å². The van der Waals surface area contributed by atoms with Gasteiger partial charge in [-0.3, -0.25) is 9.59 Å². The van der Waals surface area contributed by atoms with E-state index in [0.29, 0.717) is 39.4 Å². The van der Waals surface area contributed by atoms with Crippen LogP contribution in [-0.4, -0.2) is 31.8 Å². The van der Waals surface area contributed by atoms with Crippen LogP contribution in [0.2, 0.25) is 0 Å². The lowest BCUT2D eigenvalue weighted by atomic mass is 9.81. The Hall–Kier alpha value is -3.80. The fourth-order valence-corrected chi connectivity index (χ4v) is 4.48. The van der Waals surface area contributed by atoms with E-state index >= 15 is 0 Å². The molecule has 5 rings (SSSR count). The Bertz CT molecular complexity index is 1210. The van der Waals surface area contributed by atoms with Crippen molar-refractivity contribution < 1.29 is 14.3 Å². The van der Waals surface area contributed by atoms with Crippen LogP contribution in [0.25, 0.3) is 0 Å². The third-order valence-corrected chi connectivity index (χ3v) is 6.01. The number of nitrogens with one attached hydrogen (secondary N) is 1. The highest BCUT2D eigenvalue weighted by atomic mass is 16.5. The molecule has 1 aliphatic carbocycles. The summed E-state index contributed by atoms with van der Waals surface area (Å²) in [6.45, 7) is 1.75. The number of hydrogen-bond acceptors (Lipinski definition) is 6. The highest BCUT2D eigenvalue weighted by molar-refractivity contribution is 6.32. The Balaban J connectivity index is 1.72. The third-order valence-electron chi connectivity index (χ3n) is 6.01. The van der Waals surface area contributed by atoms with Crippen LogP contribution in [0, 0.1) is 0 Å². The summed E-state index contributed by atoms with van der Waals surface area (Å²) in [7, 11) is 1.61. The topological polar surface area (TPSA) is 84.7 Å². The molecule has 2 aliphatic rings. The first-order valence-electron chi connectivity index (χ1n) is 10.4. The second-order valence-electron chi connectivity index (χ2n) is 7.86. The van der Waals surface area contributed by atoms with Crippen molar-refractivity contribution in [2.75, 3.05) is 36.1 Å². The number of carbonyl (C=O) groups excluding carboxylic acids is 2. The fraction of sp³-hybridized carbons (Fsp3) is 0.200. The van der Waals surface area contributed by atoms with Crippen molar-refractivity contribution in [3.63, 3.8) is 0 Å². The van der Waals surface area contributed by atoms with Gasteiger partial charge in [0.05, 0.1) is 35.3 Å². The quantitative estimate of drug-likeness (QED) is 0.483. The zero-order chi connectivity index (χ0) is 21.5. The predicted molar refractivity (Wildman–Crippen MR) is 122 cm³/mol. The van der Waals surface area contributed by atoms with Gasteiger partial charge in [-0.25, -0.2) is 0 Å². The molecular weight excluding hydrogens is 390 g/mol. The molecule has 31 heavy (non-hydrogen) atoms. The summed E-state index contributed by atoms with van der Waals surface area (Å²) in [5.74, 6) is 0.287. The second kappa shape index (κ2) is 7.47. The number of ketones is 2. The van der Waals surface area contributed by atoms with Gasteiger partial charge in [-0.2, -0.15) is 0 Å². The van der Waals surface area contributed by atoms with Gasteiger partial charge in [-0.05, 0) is 31.0 Å². The molecule has 6 nitrogen and oxygen atoms in total. The van der Waals surface area contributed by atoms with Crippen LogP contribution in [0.1, 0.15) is 44.7 Å². The van der Waals surface area contributed by atoms with E-state index in [4.69, 9.17) is 10.5 Å². The number of fused-ring (bicyclic) bond motifs is 2. The summed E-state index contributed by atoms with van der Waals surface area (Å²) in [4.78, 5) is 29.1. The molecule has 3 aromatic carbocycles. The number of ether oxygens (including phenoxy) is 1. The molecule has 1 aliphatic heterocycles. The Labute approximate surface area is 180 Å². The van der Waals surface area contributed by atoms with Crippen LogP contribution in [0.15, 0.2) is 54.6 Å². The molecule has 3 aromatic rings. The van der Waals surface area contributed by atoms with E-state index in [1.807, 2.05) is 30.3 Å². The van der Waals surface area contributed by atoms with E-state index in [1.165, 1.54) is 0 Å². The van der Waals surface area contributed by atoms with Gasteiger partial charge in [0.15, 0.2) is 11.6 Å². The van der Waals surface area contributed by atoms with Crippen molar-refractivity contribution in [1.29, 1.82) is 0 Å². The molecule has 6 heteroatoms. The van der Waals surface area contributed by atoms with E-state index in [0.717, 1.165) is 37.3 Å². The molecule has 0 saturated carbocycles. The molecule has 1 saturated heterocycles. The summed E-state index contributed by atoms with van der Waals surface area (Å²) in [6.07, 6.45) is 2.15. The van der Waals surface area contributed by atoms with Crippen LogP contribution < -0.4 is 20.7 Å². The van der Waals surface area contributed by atoms with Gasteiger partial charge in [-0.15, -0.1) is 0 Å². The van der Waals surface area contributed by atoms with Gasteiger partial charge < -0.3 is 20.7 Å². The Morgan fingerprint density at radius 3 is 2.26 bits per heavy atom. The summed E-state index contributed by atoms with van der Waals surface area (Å²) in [5, 5.41) is 3.34. The van der Waals surface area contributed by atoms with Crippen molar-refractivity contribution in [2.24, 2.45) is 0 Å². The molecule has 0 bridgehead atoms. The maximum atomic E-state index is 13.5. The largest absolute Gasteiger partial charge is 0.497 e. The van der Waals surface area contributed by atoms with Gasteiger partial charge >= 0.3 is 0 Å². The maximum Gasteiger partial charge on any atom is 0.196 e. The predicted octanol–water partition coefficient (Wildman–Crippen LogP) is 4.40. The SMILES string of the molecule is COc1cccc(Nc2cc(N3CCCC3)c(N)c3c2C(=O)c2ccccc2C3=O)c1. The number of benzene rings is 3. The van der Waals surface area contributed by atoms with Gasteiger partial charge in [0.2, 0.25) is 0 Å². The first-order valence-corrected chi connectivity index (χ1v) is 10.4. The van der Waals surface area contributed by atoms with Crippen LogP contribution >= 0.6 is 0 Å². The summed E-state index contributed by atoms with van der Waals surface area (Å²) in [6, 6.07) is 16.3. The average molecular weight is 413 g/mol. The zero-order valence-electron chi connectivity index (χ0n) is 17.3. The van der Waals surface area contributed by atoms with Gasteiger partial charge in [0.1, 0.15) is 5.75 Å². The van der Waals surface area contributed by atoms with Gasteiger partial charge in [0, 0.05) is 36.0 Å². The summed E-state index contributed by atoms with van der Waals surface area (Å²) < 4.78 is 5.32. The van der Waals surface area contributed by atoms with Crippen molar-refractivity contribution >= 4 is 34.3 Å². The van der Waals surface area contributed by atoms with E-state index < -0.39 is 0 Å². The number of nitrogens with zero attached hydrogens (tertiary/aromatic N) is 1. The zero-order valence-corrected chi connectivity index (χ0v) is 17.3. The van der Waals surface area contributed by atoms with Crippen LogP contribution in [0.3, 0.4) is 0 Å². The van der Waals surface area contributed by atoms with Crippen molar-refractivity contribution in [1.82, 2.24) is 0 Å². The smallest absolute Gasteiger partial charge is 0.196 e. The lowest BCUT2D eigenvalue weighted by Crippen LogP contribution is -2.26. The van der Waals surface area contributed by atoms with Gasteiger partial charge in [-0.1, -0.05) is 30.3 Å². The maximum absolute atomic E-state index is 13.5. The van der Waals surface area contributed by atoms with Gasteiger partial charge in [0.25, 0.3) is 0 Å². The number of anilines is 4. The molecule has 1 fully saturated rings. The number of carbonyl (C=O) groups is 2. The summed E-state index contributed by atoms with van der Waals surface area (Å²) in [5.41, 5.74) is 10.5. The molecule has 0 radical (unpaired) electrons. The highest BCUT2D eigenvalue weighted by Gasteiger charge is 2.35. The van der Waals surface area contributed by atoms with E-state index in [1.54, 1.807) is 31.4 Å². The number of methoxy groups -OCH3 is 1. The third kappa shape index (κ3) is 3.11. The average Bonchev–Trinajstić information content (AvgIpc) is 3.33. The lowest BCUT2D eigenvalue weighted by molar-refractivity contribution is 0.0980. The minimum absolute atomic E-state index is 0.199. The molecule has 0 amide bonds. The minimum Gasteiger partial charge on any atom is -0.497 e. The molecule has 156 valence electrons. The van der Waals surface area contributed by atoms with Crippen molar-refractivity contribution in [3.8, 4) is 5.75 Å². The van der Waals surface area contributed by atoms with Crippen LogP contribution in [0.5, 0.6) is 5.75 Å². The van der Waals surface area contributed by atoms with Crippen molar-refractivity contribution in [2.45, 2.75) is 12.8 Å². The number of rotatable bonds is 4. The Morgan fingerprint density at radius 1 is 0.903 bits per heavy atom. The molecule has 0 unspecified atom stereocenters. The molecule has 1 heterocycles. The highest BCUT2D eigenvalue weighted by Crippen LogP contribution is 2.42. The van der Waals surface area contributed by atoms with E-state index in [-0.39, 0.29) is 11.6 Å². The summed E-state index contributed by atoms with van der Waals surface area (Å²) >= 11 is 0. The monoisotopic (exact) mass is 413 g/mol. The lowest BCUT2D eigenvalue weighted by Gasteiger charge is -2.28. The Kier molecular flexibility index (Phi) is 4.62. The van der Waals surface area contributed by atoms with Crippen LogP contribution in [0.4, 0.5) is 22.7 Å². The molecule has 3 N–H and O–H groups in total. The van der Waals surface area contributed by atoms with Crippen LogP contribution in [-0.2, 0) is 0 Å². The standard InChI is InChI=1S/C25H23N3O3/c1-31-16-8-6-7-15(13-16)27-19-14-20(28-11-4-5-12-28)23(26)22-21(19)24(29)17-9-2-3-10-18(17)25(22)30/h2-3,6-10,13-14,27H,4-5,11-12,26H2,1H3. The number of hydrogen-bond donors (Lipinski definition) is 2. The molecule has 0 atom stereocenters. The first kappa shape index (κ1) is 19.2. The second-order valence-corrected chi connectivity index (χ2v) is 7.86. The van der Waals surface area contributed by atoms with E-state index in [9.17, 15) is 9.59 Å². The molecular formula is C25H23N3O3. The number of nitrogens with two attached hydrogens (primary N) is 1.